The molecule has 0 saturated carbocycles. The molecule has 0 saturated heterocycles. The van der Waals surface area contributed by atoms with Crippen LogP contribution in [0.5, 0.6) is 0 Å². The molecule has 0 bridgehead atoms. The normalized spacial score (nSPS) is 13.1. The molecule has 14 heavy (non-hydrogen) atoms. The first kappa shape index (κ1) is 12.0. The Labute approximate surface area is 96.9 Å². The molecular formula is C12H18S2. The summed E-state index contributed by atoms with van der Waals surface area (Å²) in [4.78, 5) is 1.36. The van der Waals surface area contributed by atoms with E-state index in [2.05, 4.69) is 56.8 Å². The second-order valence-electron chi connectivity index (χ2n) is 3.81. The summed E-state index contributed by atoms with van der Waals surface area (Å²) in [7, 11) is 0. The van der Waals surface area contributed by atoms with Gasteiger partial charge in [-0.3, -0.25) is 0 Å². The van der Waals surface area contributed by atoms with Crippen molar-refractivity contribution < 1.29 is 0 Å². The van der Waals surface area contributed by atoms with Crippen LogP contribution < -0.4 is 0 Å². The van der Waals surface area contributed by atoms with Gasteiger partial charge in [0.15, 0.2) is 0 Å². The first-order valence-electron chi connectivity index (χ1n) is 5.02. The van der Waals surface area contributed by atoms with Gasteiger partial charge in [-0.2, -0.15) is 12.6 Å². The van der Waals surface area contributed by atoms with Crippen LogP contribution in [0.25, 0.3) is 0 Å². The highest BCUT2D eigenvalue weighted by atomic mass is 32.2. The van der Waals surface area contributed by atoms with E-state index in [-0.39, 0.29) is 0 Å². The zero-order valence-corrected chi connectivity index (χ0v) is 10.5. The maximum absolute atomic E-state index is 4.39. The Morgan fingerprint density at radius 1 is 1.21 bits per heavy atom. The van der Waals surface area contributed by atoms with E-state index in [4.69, 9.17) is 0 Å². The van der Waals surface area contributed by atoms with Crippen molar-refractivity contribution in [3.05, 3.63) is 30.3 Å². The molecule has 0 nitrogen and oxygen atoms in total. The molecule has 0 radical (unpaired) electrons. The molecule has 0 aliphatic heterocycles. The van der Waals surface area contributed by atoms with E-state index in [1.54, 1.807) is 0 Å². The van der Waals surface area contributed by atoms with Gasteiger partial charge in [0, 0.05) is 10.6 Å². The van der Waals surface area contributed by atoms with Crippen molar-refractivity contribution in [2.24, 2.45) is 11.8 Å². The van der Waals surface area contributed by atoms with Crippen molar-refractivity contribution in [3.63, 3.8) is 0 Å². The largest absolute Gasteiger partial charge is 0.179 e. The molecule has 1 aromatic rings. The van der Waals surface area contributed by atoms with Crippen molar-refractivity contribution in [1.29, 1.82) is 0 Å². The highest BCUT2D eigenvalue weighted by Gasteiger charge is 2.11. The molecule has 0 aliphatic carbocycles. The van der Waals surface area contributed by atoms with Gasteiger partial charge >= 0.3 is 0 Å². The fourth-order valence-electron chi connectivity index (χ4n) is 1.18. The molecule has 0 aliphatic rings. The molecular weight excluding hydrogens is 208 g/mol. The summed E-state index contributed by atoms with van der Waals surface area (Å²) in [6.07, 6.45) is 0. The Morgan fingerprint density at radius 2 is 1.86 bits per heavy atom. The zero-order chi connectivity index (χ0) is 10.4. The highest BCUT2D eigenvalue weighted by Crippen LogP contribution is 2.24. The van der Waals surface area contributed by atoms with Crippen molar-refractivity contribution in [3.8, 4) is 0 Å². The third kappa shape index (κ3) is 3.97. The van der Waals surface area contributed by atoms with E-state index in [1.165, 1.54) is 10.6 Å². The van der Waals surface area contributed by atoms with Gasteiger partial charge in [-0.15, -0.1) is 11.8 Å². The molecule has 1 aromatic carbocycles. The van der Waals surface area contributed by atoms with E-state index < -0.39 is 0 Å². The predicted octanol–water partition coefficient (Wildman–Crippen LogP) is 3.98. The van der Waals surface area contributed by atoms with E-state index in [9.17, 15) is 0 Å². The van der Waals surface area contributed by atoms with Crippen molar-refractivity contribution in [2.75, 3.05) is 11.5 Å². The van der Waals surface area contributed by atoms with Gasteiger partial charge in [-0.25, -0.2) is 0 Å². The number of rotatable bonds is 5. The van der Waals surface area contributed by atoms with Crippen molar-refractivity contribution in [1.82, 2.24) is 0 Å². The number of thiol groups is 1. The molecule has 1 atom stereocenters. The second kappa shape index (κ2) is 6.41. The van der Waals surface area contributed by atoms with Crippen molar-refractivity contribution in [2.45, 2.75) is 18.7 Å². The fourth-order valence-corrected chi connectivity index (χ4v) is 3.16. The summed E-state index contributed by atoms with van der Waals surface area (Å²) in [6.45, 7) is 4.54. The summed E-state index contributed by atoms with van der Waals surface area (Å²) in [6, 6.07) is 10.6. The standard InChI is InChI=1S/C12H18S2/c1-10(2)11(8-13)9-14-12-6-4-3-5-7-12/h3-7,10-11,13H,8-9H2,1-2H3. The van der Waals surface area contributed by atoms with E-state index in [0.29, 0.717) is 5.92 Å². The maximum Gasteiger partial charge on any atom is 0.00720 e. The average molecular weight is 226 g/mol. The highest BCUT2D eigenvalue weighted by molar-refractivity contribution is 7.99. The van der Waals surface area contributed by atoms with Crippen LogP contribution in [0.3, 0.4) is 0 Å². The van der Waals surface area contributed by atoms with Crippen LogP contribution in [0.15, 0.2) is 35.2 Å². The molecule has 2 heteroatoms. The van der Waals surface area contributed by atoms with Gasteiger partial charge in [0.1, 0.15) is 0 Å². The van der Waals surface area contributed by atoms with Gasteiger partial charge in [-0.1, -0.05) is 32.0 Å². The lowest BCUT2D eigenvalue weighted by Gasteiger charge is -2.17. The molecule has 1 unspecified atom stereocenters. The van der Waals surface area contributed by atoms with E-state index in [1.807, 2.05) is 11.8 Å². The molecule has 1 rings (SSSR count). The van der Waals surface area contributed by atoms with Gasteiger partial charge in [0.05, 0.1) is 0 Å². The van der Waals surface area contributed by atoms with Crippen LogP contribution in [-0.4, -0.2) is 11.5 Å². The average Bonchev–Trinajstić information content (AvgIpc) is 2.20. The lowest BCUT2D eigenvalue weighted by Crippen LogP contribution is -2.13. The molecule has 0 N–H and O–H groups in total. The summed E-state index contributed by atoms with van der Waals surface area (Å²) in [5, 5.41) is 0. The maximum atomic E-state index is 4.39. The SMILES string of the molecule is CC(C)C(CS)CSc1ccccc1. The Kier molecular flexibility index (Phi) is 5.49. The molecule has 0 aromatic heterocycles. The third-order valence-corrected chi connectivity index (χ3v) is 4.05. The minimum Gasteiger partial charge on any atom is -0.179 e. The van der Waals surface area contributed by atoms with Crippen LogP contribution in [-0.2, 0) is 0 Å². The fraction of sp³-hybridized carbons (Fsp3) is 0.500. The molecule has 0 amide bonds. The Balaban J connectivity index is 2.40. The van der Waals surface area contributed by atoms with Crippen LogP contribution in [0.1, 0.15) is 13.8 Å². The van der Waals surface area contributed by atoms with Gasteiger partial charge in [-0.05, 0) is 29.7 Å². The summed E-state index contributed by atoms with van der Waals surface area (Å²) in [5.74, 6) is 3.59. The van der Waals surface area contributed by atoms with Gasteiger partial charge in [0.25, 0.3) is 0 Å². The quantitative estimate of drug-likeness (QED) is 0.585. The van der Waals surface area contributed by atoms with Gasteiger partial charge in [0.2, 0.25) is 0 Å². The topological polar surface area (TPSA) is 0 Å². The summed E-state index contributed by atoms with van der Waals surface area (Å²) >= 11 is 6.32. The van der Waals surface area contributed by atoms with Crippen LogP contribution in [0.4, 0.5) is 0 Å². The molecule has 0 heterocycles. The summed E-state index contributed by atoms with van der Waals surface area (Å²) < 4.78 is 0. The second-order valence-corrected chi connectivity index (χ2v) is 5.27. The van der Waals surface area contributed by atoms with Crippen molar-refractivity contribution >= 4 is 24.4 Å². The first-order chi connectivity index (χ1) is 6.74. The minimum atomic E-state index is 0.712. The van der Waals surface area contributed by atoms with E-state index >= 15 is 0 Å². The monoisotopic (exact) mass is 226 g/mol. The Hall–Kier alpha value is -0.0800. The van der Waals surface area contributed by atoms with E-state index in [0.717, 1.165) is 11.7 Å². The number of hydrogen-bond acceptors (Lipinski definition) is 2. The minimum absolute atomic E-state index is 0.712. The number of hydrogen-bond donors (Lipinski definition) is 1. The smallest absolute Gasteiger partial charge is 0.00720 e. The number of thioether (sulfide) groups is 1. The predicted molar refractivity (Wildman–Crippen MR) is 69.3 cm³/mol. The van der Waals surface area contributed by atoms with Crippen LogP contribution in [0, 0.1) is 11.8 Å². The molecule has 78 valence electrons. The lowest BCUT2D eigenvalue weighted by molar-refractivity contribution is 0.473. The Morgan fingerprint density at radius 3 is 2.36 bits per heavy atom. The summed E-state index contributed by atoms with van der Waals surface area (Å²) in [5.41, 5.74) is 0. The van der Waals surface area contributed by atoms with Crippen LogP contribution in [0.2, 0.25) is 0 Å². The first-order valence-corrected chi connectivity index (χ1v) is 6.64. The third-order valence-electron chi connectivity index (χ3n) is 2.38. The van der Waals surface area contributed by atoms with Gasteiger partial charge < -0.3 is 0 Å². The Bertz CT molecular complexity index is 244. The lowest BCUT2D eigenvalue weighted by atomic mass is 10.0. The molecule has 0 fully saturated rings. The number of benzene rings is 1. The zero-order valence-electron chi connectivity index (χ0n) is 8.81. The molecule has 0 spiro atoms. The van der Waals surface area contributed by atoms with Crippen LogP contribution >= 0.6 is 24.4 Å².